The van der Waals surface area contributed by atoms with Crippen LogP contribution in [0.4, 0.5) is 0 Å². The van der Waals surface area contributed by atoms with Crippen LogP contribution in [0.15, 0.2) is 24.3 Å². The lowest BCUT2D eigenvalue weighted by molar-refractivity contribution is -0.120. The molecule has 0 atom stereocenters. The fourth-order valence-electron chi connectivity index (χ4n) is 1.35. The molecule has 0 spiro atoms. The highest BCUT2D eigenvalue weighted by atomic mass is 35.5. The van der Waals surface area contributed by atoms with E-state index in [1.165, 1.54) is 11.3 Å². The van der Waals surface area contributed by atoms with Gasteiger partial charge in [-0.2, -0.15) is 0 Å². The zero-order valence-corrected chi connectivity index (χ0v) is 10.0. The maximum absolute atomic E-state index is 10.4. The topological polar surface area (TPSA) is 39.2 Å². The molecule has 1 aromatic heterocycles. The molecule has 2 rings (SSSR count). The largest absolute Gasteiger partial charge is 0.408 e. The molecule has 3 nitrogen and oxygen atoms in total. The molecule has 0 aliphatic heterocycles. The quantitative estimate of drug-likeness (QED) is 0.788. The molecule has 1 aromatic carbocycles. The van der Waals surface area contributed by atoms with Crippen LogP contribution in [0.25, 0.3) is 10.4 Å². The van der Waals surface area contributed by atoms with Crippen LogP contribution in [0.2, 0.25) is 5.02 Å². The molecular weight excluding hydrogens is 246 g/mol. The van der Waals surface area contributed by atoms with E-state index in [1.807, 2.05) is 25.1 Å². The second-order valence-corrected chi connectivity index (χ2v) is 4.67. The highest BCUT2D eigenvalue weighted by molar-refractivity contribution is 7.15. The predicted octanol–water partition coefficient (Wildman–Crippen LogP) is 3.31. The zero-order chi connectivity index (χ0) is 11.5. The Hall–Kier alpha value is -1.39. The van der Waals surface area contributed by atoms with Crippen molar-refractivity contribution in [2.24, 2.45) is 0 Å². The summed E-state index contributed by atoms with van der Waals surface area (Å²) in [6.45, 7) is 2.22. The van der Waals surface area contributed by atoms with Gasteiger partial charge < -0.3 is 4.74 Å². The normalized spacial score (nSPS) is 10.1. The summed E-state index contributed by atoms with van der Waals surface area (Å²) in [7, 11) is 0. The van der Waals surface area contributed by atoms with Crippen LogP contribution in [-0.4, -0.2) is 11.5 Å². The van der Waals surface area contributed by atoms with Crippen LogP contribution >= 0.6 is 22.9 Å². The zero-order valence-electron chi connectivity index (χ0n) is 8.44. The summed E-state index contributed by atoms with van der Waals surface area (Å²) in [5.41, 5.74) is 0.826. The number of halogens is 1. The molecule has 2 aromatic rings. The van der Waals surface area contributed by atoms with Gasteiger partial charge in [0.15, 0.2) is 0 Å². The number of hydrogen-bond donors (Lipinski definition) is 0. The van der Waals surface area contributed by atoms with Gasteiger partial charge in [0.1, 0.15) is 4.88 Å². The molecule has 5 heteroatoms. The second-order valence-electron chi connectivity index (χ2n) is 3.06. The minimum Gasteiger partial charge on any atom is -0.408 e. The molecule has 0 aliphatic rings. The lowest BCUT2D eigenvalue weighted by Crippen LogP contribution is -1.90. The number of carbonyl (C=O) groups is 1. The van der Waals surface area contributed by atoms with Crippen LogP contribution in [-0.2, 0) is 4.79 Å². The summed E-state index contributed by atoms with van der Waals surface area (Å²) >= 11 is 7.52. The first-order chi connectivity index (χ1) is 7.72. The lowest BCUT2D eigenvalue weighted by Gasteiger charge is -2.01. The molecule has 0 bridgehead atoms. The average molecular weight is 254 g/mol. The summed E-state index contributed by atoms with van der Waals surface area (Å²) in [6, 6.07) is 7.38. The van der Waals surface area contributed by atoms with E-state index < -0.39 is 0 Å². The van der Waals surface area contributed by atoms with Crippen molar-refractivity contribution in [3.63, 3.8) is 0 Å². The molecule has 0 saturated carbocycles. The van der Waals surface area contributed by atoms with E-state index in [0.29, 0.717) is 17.4 Å². The SMILES string of the molecule is Cc1nc(OC=O)c(-c2ccccc2Cl)s1. The number of nitrogens with zero attached hydrogens (tertiary/aromatic N) is 1. The number of carbonyl (C=O) groups excluding carboxylic acids is 1. The first-order valence-corrected chi connectivity index (χ1v) is 5.74. The molecule has 0 unspecified atom stereocenters. The smallest absolute Gasteiger partial charge is 0.299 e. The lowest BCUT2D eigenvalue weighted by atomic mass is 10.2. The minimum absolute atomic E-state index is 0.311. The van der Waals surface area contributed by atoms with Gasteiger partial charge in [0.05, 0.1) is 5.01 Å². The monoisotopic (exact) mass is 253 g/mol. The summed E-state index contributed by atoms with van der Waals surface area (Å²) in [5.74, 6) is 0.311. The van der Waals surface area contributed by atoms with Crippen LogP contribution < -0.4 is 4.74 Å². The van der Waals surface area contributed by atoms with Crippen molar-refractivity contribution >= 4 is 29.4 Å². The third-order valence-corrected chi connectivity index (χ3v) is 3.30. The highest BCUT2D eigenvalue weighted by Crippen LogP contribution is 2.38. The molecule has 0 saturated heterocycles. The summed E-state index contributed by atoms with van der Waals surface area (Å²) in [5, 5.41) is 1.44. The highest BCUT2D eigenvalue weighted by Gasteiger charge is 2.14. The number of rotatable bonds is 3. The summed E-state index contributed by atoms with van der Waals surface area (Å²) < 4.78 is 4.83. The van der Waals surface area contributed by atoms with Crippen molar-refractivity contribution in [1.29, 1.82) is 0 Å². The Morgan fingerprint density at radius 1 is 1.44 bits per heavy atom. The van der Waals surface area contributed by atoms with Crippen LogP contribution in [0, 0.1) is 6.92 Å². The Morgan fingerprint density at radius 3 is 2.88 bits per heavy atom. The van der Waals surface area contributed by atoms with Crippen LogP contribution in [0.5, 0.6) is 5.88 Å². The van der Waals surface area contributed by atoms with E-state index in [0.717, 1.165) is 15.4 Å². The van der Waals surface area contributed by atoms with Crippen molar-refractivity contribution in [3.05, 3.63) is 34.3 Å². The van der Waals surface area contributed by atoms with Crippen molar-refractivity contribution in [2.45, 2.75) is 6.92 Å². The van der Waals surface area contributed by atoms with Gasteiger partial charge in [0.2, 0.25) is 5.88 Å². The number of hydrogen-bond acceptors (Lipinski definition) is 4. The first kappa shape index (κ1) is 11.1. The van der Waals surface area contributed by atoms with Gasteiger partial charge in [0.25, 0.3) is 6.47 Å². The number of ether oxygens (including phenoxy) is 1. The molecular formula is C11H8ClNO2S. The molecule has 82 valence electrons. The van der Waals surface area contributed by atoms with Gasteiger partial charge >= 0.3 is 0 Å². The third-order valence-electron chi connectivity index (χ3n) is 1.98. The Bertz CT molecular complexity index is 524. The maximum atomic E-state index is 10.4. The van der Waals surface area contributed by atoms with Gasteiger partial charge in [-0.25, -0.2) is 4.98 Å². The number of thiazole rings is 1. The Morgan fingerprint density at radius 2 is 2.19 bits per heavy atom. The van der Waals surface area contributed by atoms with Crippen molar-refractivity contribution in [3.8, 4) is 16.3 Å². The average Bonchev–Trinajstić information content (AvgIpc) is 2.61. The molecule has 1 heterocycles. The fraction of sp³-hybridized carbons (Fsp3) is 0.0909. The first-order valence-electron chi connectivity index (χ1n) is 4.55. The maximum Gasteiger partial charge on any atom is 0.299 e. The van der Waals surface area contributed by atoms with Crippen LogP contribution in [0.3, 0.4) is 0 Å². The number of aryl methyl sites for hydroxylation is 1. The van der Waals surface area contributed by atoms with Gasteiger partial charge in [-0.1, -0.05) is 29.8 Å². The fourth-order valence-corrected chi connectivity index (χ4v) is 2.53. The van der Waals surface area contributed by atoms with Gasteiger partial charge in [0, 0.05) is 10.6 Å². The summed E-state index contributed by atoms with van der Waals surface area (Å²) in [6.07, 6.45) is 0. The molecule has 0 N–H and O–H groups in total. The van der Waals surface area contributed by atoms with Gasteiger partial charge in [-0.3, -0.25) is 4.79 Å². The van der Waals surface area contributed by atoms with E-state index >= 15 is 0 Å². The number of benzene rings is 1. The van der Waals surface area contributed by atoms with Crippen molar-refractivity contribution < 1.29 is 9.53 Å². The van der Waals surface area contributed by atoms with E-state index in [-0.39, 0.29) is 0 Å². The van der Waals surface area contributed by atoms with Crippen molar-refractivity contribution in [1.82, 2.24) is 4.98 Å². The third kappa shape index (κ3) is 2.08. The Balaban J connectivity index is 2.55. The number of aromatic nitrogens is 1. The van der Waals surface area contributed by atoms with E-state index in [2.05, 4.69) is 4.98 Å². The van der Waals surface area contributed by atoms with Gasteiger partial charge in [-0.15, -0.1) is 11.3 Å². The van der Waals surface area contributed by atoms with E-state index in [1.54, 1.807) is 6.07 Å². The summed E-state index contributed by atoms with van der Waals surface area (Å²) in [4.78, 5) is 15.3. The molecule has 16 heavy (non-hydrogen) atoms. The Kier molecular flexibility index (Phi) is 3.22. The molecule has 0 fully saturated rings. The molecule has 0 radical (unpaired) electrons. The minimum atomic E-state index is 0.311. The van der Waals surface area contributed by atoms with Crippen molar-refractivity contribution in [2.75, 3.05) is 0 Å². The standard InChI is InChI=1S/C11H8ClNO2S/c1-7-13-11(15-6-14)10(16-7)8-4-2-3-5-9(8)12/h2-6H,1H3. The molecule has 0 aliphatic carbocycles. The molecule has 0 amide bonds. The van der Waals surface area contributed by atoms with Crippen LogP contribution in [0.1, 0.15) is 5.01 Å². The Labute approximate surface area is 102 Å². The predicted molar refractivity (Wildman–Crippen MR) is 64.0 cm³/mol. The van der Waals surface area contributed by atoms with E-state index in [4.69, 9.17) is 16.3 Å². The second kappa shape index (κ2) is 4.63. The van der Waals surface area contributed by atoms with E-state index in [9.17, 15) is 4.79 Å². The van der Waals surface area contributed by atoms with Gasteiger partial charge in [-0.05, 0) is 13.0 Å².